The number of ether oxygens (including phenoxy) is 1. The van der Waals surface area contributed by atoms with Gasteiger partial charge in [0.05, 0.1) is 5.56 Å². The number of aryl methyl sites for hydroxylation is 2. The van der Waals surface area contributed by atoms with E-state index < -0.39 is 11.7 Å². The fraction of sp³-hybridized carbons (Fsp3) is 0.300. The first-order chi connectivity index (χ1) is 13.2. The molecule has 0 aliphatic carbocycles. The number of alkyl halides is 3. The predicted octanol–water partition coefficient (Wildman–Crippen LogP) is 5.32. The fourth-order valence-electron chi connectivity index (χ4n) is 2.59. The quantitative estimate of drug-likeness (QED) is 0.519. The molecule has 0 spiro atoms. The monoisotopic (exact) mass is 407 g/mol. The number of thioether (sulfide) groups is 1. The van der Waals surface area contributed by atoms with E-state index in [1.165, 1.54) is 17.8 Å². The summed E-state index contributed by atoms with van der Waals surface area (Å²) in [5.74, 6) is 1.81. The molecule has 0 radical (unpaired) electrons. The van der Waals surface area contributed by atoms with Crippen molar-refractivity contribution < 1.29 is 17.9 Å². The van der Waals surface area contributed by atoms with E-state index in [1.54, 1.807) is 10.6 Å². The van der Waals surface area contributed by atoms with E-state index >= 15 is 0 Å². The van der Waals surface area contributed by atoms with Crippen molar-refractivity contribution in [2.24, 2.45) is 7.05 Å². The van der Waals surface area contributed by atoms with Crippen LogP contribution >= 0.6 is 11.8 Å². The Labute approximate surface area is 165 Å². The van der Waals surface area contributed by atoms with Gasteiger partial charge in [0.15, 0.2) is 11.0 Å². The third-order valence-corrected chi connectivity index (χ3v) is 5.34. The third kappa shape index (κ3) is 4.86. The van der Waals surface area contributed by atoms with Gasteiger partial charge in [0, 0.05) is 12.8 Å². The highest BCUT2D eigenvalue weighted by molar-refractivity contribution is 7.98. The zero-order chi connectivity index (χ0) is 20.3. The van der Waals surface area contributed by atoms with E-state index in [0.29, 0.717) is 22.3 Å². The van der Waals surface area contributed by atoms with Crippen molar-refractivity contribution in [1.82, 2.24) is 14.8 Å². The Morgan fingerprint density at radius 2 is 1.86 bits per heavy atom. The van der Waals surface area contributed by atoms with Gasteiger partial charge in [0.2, 0.25) is 0 Å². The van der Waals surface area contributed by atoms with Crippen molar-refractivity contribution in [1.29, 1.82) is 0 Å². The Morgan fingerprint density at radius 1 is 1.07 bits per heavy atom. The fourth-order valence-corrected chi connectivity index (χ4v) is 3.46. The minimum absolute atomic E-state index is 0.262. The van der Waals surface area contributed by atoms with E-state index in [1.807, 2.05) is 39.1 Å². The molecular formula is C20H20F3N3OS. The van der Waals surface area contributed by atoms with Crippen molar-refractivity contribution in [2.45, 2.75) is 37.5 Å². The molecule has 0 bridgehead atoms. The number of halogens is 3. The number of rotatable bonds is 6. The van der Waals surface area contributed by atoms with Gasteiger partial charge in [-0.2, -0.15) is 13.2 Å². The largest absolute Gasteiger partial charge is 0.485 e. The molecule has 0 atom stereocenters. The van der Waals surface area contributed by atoms with Crippen molar-refractivity contribution in [3.8, 4) is 5.75 Å². The molecule has 1 aromatic heterocycles. The van der Waals surface area contributed by atoms with Crippen molar-refractivity contribution >= 4 is 11.8 Å². The molecule has 0 aliphatic heterocycles. The topological polar surface area (TPSA) is 39.9 Å². The maximum Gasteiger partial charge on any atom is 0.416 e. The second kappa shape index (κ2) is 8.26. The Balaban J connectivity index is 1.64. The van der Waals surface area contributed by atoms with E-state index in [4.69, 9.17) is 4.74 Å². The van der Waals surface area contributed by atoms with Gasteiger partial charge in [-0.1, -0.05) is 42.1 Å². The molecule has 28 heavy (non-hydrogen) atoms. The van der Waals surface area contributed by atoms with Crippen molar-refractivity contribution in [2.75, 3.05) is 0 Å². The molecule has 4 nitrogen and oxygen atoms in total. The van der Waals surface area contributed by atoms with Gasteiger partial charge in [-0.15, -0.1) is 10.2 Å². The summed E-state index contributed by atoms with van der Waals surface area (Å²) >= 11 is 1.33. The summed E-state index contributed by atoms with van der Waals surface area (Å²) in [6, 6.07) is 11.3. The lowest BCUT2D eigenvalue weighted by Crippen LogP contribution is -2.05. The minimum Gasteiger partial charge on any atom is -0.485 e. The van der Waals surface area contributed by atoms with E-state index in [2.05, 4.69) is 10.2 Å². The van der Waals surface area contributed by atoms with Crippen LogP contribution in [0.15, 0.2) is 47.6 Å². The van der Waals surface area contributed by atoms with Crippen LogP contribution in [-0.4, -0.2) is 14.8 Å². The highest BCUT2D eigenvalue weighted by atomic mass is 32.2. The molecule has 8 heteroatoms. The first-order valence-corrected chi connectivity index (χ1v) is 9.60. The van der Waals surface area contributed by atoms with Gasteiger partial charge in [-0.25, -0.2) is 0 Å². The zero-order valence-corrected chi connectivity index (χ0v) is 16.6. The Kier molecular flexibility index (Phi) is 5.98. The van der Waals surface area contributed by atoms with Crippen molar-refractivity contribution in [3.05, 3.63) is 70.5 Å². The summed E-state index contributed by atoms with van der Waals surface area (Å²) in [4.78, 5) is 0. The van der Waals surface area contributed by atoms with E-state index in [9.17, 15) is 13.2 Å². The lowest BCUT2D eigenvalue weighted by atomic mass is 10.1. The summed E-state index contributed by atoms with van der Waals surface area (Å²) in [7, 11) is 1.82. The number of benzene rings is 2. The average Bonchev–Trinajstić information content (AvgIpc) is 3.00. The second-order valence-electron chi connectivity index (χ2n) is 6.50. The van der Waals surface area contributed by atoms with Crippen LogP contribution in [0.3, 0.4) is 0 Å². The van der Waals surface area contributed by atoms with Crippen LogP contribution in [0, 0.1) is 13.8 Å². The van der Waals surface area contributed by atoms with Crippen LogP contribution in [0.5, 0.6) is 5.75 Å². The lowest BCUT2D eigenvalue weighted by molar-refractivity contribution is -0.137. The number of aromatic nitrogens is 3. The Bertz CT molecular complexity index is 970. The molecule has 3 aromatic rings. The minimum atomic E-state index is -4.34. The maximum absolute atomic E-state index is 12.8. The maximum atomic E-state index is 12.8. The standard InChI is InChI=1S/C20H20F3N3OS/c1-13-7-8-14(2)17(9-13)27-11-18-24-25-19(26(18)3)28-12-15-5-4-6-16(10-15)20(21,22)23/h4-10H,11-12H2,1-3H3. The smallest absolute Gasteiger partial charge is 0.416 e. The first kappa shape index (κ1) is 20.3. The molecule has 0 fully saturated rings. The molecule has 0 saturated heterocycles. The van der Waals surface area contributed by atoms with E-state index in [0.717, 1.165) is 29.0 Å². The van der Waals surface area contributed by atoms with E-state index in [-0.39, 0.29) is 6.61 Å². The SMILES string of the molecule is Cc1ccc(C)c(OCc2nnc(SCc3cccc(C(F)(F)F)c3)n2C)c1. The summed E-state index contributed by atoms with van der Waals surface area (Å²) in [6.45, 7) is 4.23. The van der Waals surface area contributed by atoms with Gasteiger partial charge >= 0.3 is 6.18 Å². The van der Waals surface area contributed by atoms with Crippen LogP contribution in [0.4, 0.5) is 13.2 Å². The summed E-state index contributed by atoms with van der Waals surface area (Å²) in [6.07, 6.45) is -4.34. The molecule has 2 aromatic carbocycles. The molecule has 0 N–H and O–H groups in total. The molecular weight excluding hydrogens is 387 g/mol. The molecule has 0 unspecified atom stereocenters. The Morgan fingerprint density at radius 3 is 2.61 bits per heavy atom. The normalized spacial score (nSPS) is 11.6. The molecule has 0 aliphatic rings. The van der Waals surface area contributed by atoms with Crippen LogP contribution in [-0.2, 0) is 25.6 Å². The van der Waals surface area contributed by atoms with Gasteiger partial charge in [-0.3, -0.25) is 0 Å². The van der Waals surface area contributed by atoms with Gasteiger partial charge in [0.25, 0.3) is 0 Å². The number of hydrogen-bond acceptors (Lipinski definition) is 4. The van der Waals surface area contributed by atoms with Crippen molar-refractivity contribution in [3.63, 3.8) is 0 Å². The summed E-state index contributed by atoms with van der Waals surface area (Å²) in [5.41, 5.74) is 2.07. The number of hydrogen-bond donors (Lipinski definition) is 0. The Hall–Kier alpha value is -2.48. The molecule has 1 heterocycles. The number of nitrogens with zero attached hydrogens (tertiary/aromatic N) is 3. The predicted molar refractivity (Wildman–Crippen MR) is 102 cm³/mol. The van der Waals surface area contributed by atoms with Gasteiger partial charge < -0.3 is 9.30 Å². The van der Waals surface area contributed by atoms with Crippen LogP contribution in [0.2, 0.25) is 0 Å². The summed E-state index contributed by atoms with van der Waals surface area (Å²) < 4.78 is 46.1. The third-order valence-electron chi connectivity index (χ3n) is 4.25. The molecule has 0 amide bonds. The molecule has 0 saturated carbocycles. The zero-order valence-electron chi connectivity index (χ0n) is 15.7. The second-order valence-corrected chi connectivity index (χ2v) is 7.44. The van der Waals surface area contributed by atoms with Gasteiger partial charge in [0.1, 0.15) is 12.4 Å². The van der Waals surface area contributed by atoms with Gasteiger partial charge in [-0.05, 0) is 42.7 Å². The molecule has 3 rings (SSSR count). The first-order valence-electron chi connectivity index (χ1n) is 8.61. The van der Waals surface area contributed by atoms with Crippen LogP contribution in [0.25, 0.3) is 0 Å². The van der Waals surface area contributed by atoms with Crippen LogP contribution in [0.1, 0.15) is 28.1 Å². The highest BCUT2D eigenvalue weighted by Crippen LogP contribution is 2.31. The molecule has 148 valence electrons. The van der Waals surface area contributed by atoms with Crippen LogP contribution < -0.4 is 4.74 Å². The average molecular weight is 407 g/mol. The summed E-state index contributed by atoms with van der Waals surface area (Å²) in [5, 5.41) is 8.89. The lowest BCUT2D eigenvalue weighted by Gasteiger charge is -2.10. The highest BCUT2D eigenvalue weighted by Gasteiger charge is 2.30.